The third-order valence-electron chi connectivity index (χ3n) is 3.83. The number of benzene rings is 2. The summed E-state index contributed by atoms with van der Waals surface area (Å²) in [5.41, 5.74) is 4.11. The highest BCUT2D eigenvalue weighted by atomic mass is 14.9. The molecule has 0 spiro atoms. The van der Waals surface area contributed by atoms with E-state index in [4.69, 9.17) is 0 Å². The lowest BCUT2D eigenvalue weighted by atomic mass is 9.89. The van der Waals surface area contributed by atoms with E-state index in [1.54, 1.807) is 0 Å². The van der Waals surface area contributed by atoms with Gasteiger partial charge in [-0.2, -0.15) is 0 Å². The van der Waals surface area contributed by atoms with E-state index in [0.717, 1.165) is 19.0 Å². The highest BCUT2D eigenvalue weighted by molar-refractivity contribution is 5.63. The lowest BCUT2D eigenvalue weighted by molar-refractivity contribution is 0.460. The third-order valence-corrected chi connectivity index (χ3v) is 3.83. The normalized spacial score (nSPS) is 16.7. The van der Waals surface area contributed by atoms with Crippen LogP contribution in [0.25, 0.3) is 11.1 Å². The summed E-state index contributed by atoms with van der Waals surface area (Å²) < 4.78 is 0. The molecular formula is C17H19N. The summed E-state index contributed by atoms with van der Waals surface area (Å²) in [7, 11) is 0. The fourth-order valence-electron chi connectivity index (χ4n) is 2.73. The number of nitrogens with one attached hydrogen (secondary N) is 1. The molecule has 18 heavy (non-hydrogen) atoms. The Bertz CT molecular complexity index is 481. The number of hydrogen-bond donors (Lipinski definition) is 1. The Balaban J connectivity index is 1.80. The van der Waals surface area contributed by atoms with Gasteiger partial charge < -0.3 is 5.32 Å². The van der Waals surface area contributed by atoms with Gasteiger partial charge in [-0.25, -0.2) is 0 Å². The summed E-state index contributed by atoms with van der Waals surface area (Å²) in [4.78, 5) is 0. The fraction of sp³-hybridized carbons (Fsp3) is 0.294. The van der Waals surface area contributed by atoms with Crippen LogP contribution < -0.4 is 5.32 Å². The van der Waals surface area contributed by atoms with Gasteiger partial charge in [-0.05, 0) is 48.5 Å². The van der Waals surface area contributed by atoms with Crippen LogP contribution in [0, 0.1) is 0 Å². The SMILES string of the molecule is c1ccc(-c2ccc(C3CCNCC3)cc2)cc1. The maximum absolute atomic E-state index is 3.42. The first-order valence-corrected chi connectivity index (χ1v) is 6.79. The van der Waals surface area contributed by atoms with Crippen molar-refractivity contribution in [3.05, 3.63) is 60.2 Å². The molecule has 1 fully saturated rings. The van der Waals surface area contributed by atoms with E-state index < -0.39 is 0 Å². The van der Waals surface area contributed by atoms with Crippen molar-refractivity contribution in [2.24, 2.45) is 0 Å². The second kappa shape index (κ2) is 5.36. The molecule has 0 saturated carbocycles. The smallest absolute Gasteiger partial charge is 0.00431 e. The van der Waals surface area contributed by atoms with E-state index in [2.05, 4.69) is 59.9 Å². The van der Waals surface area contributed by atoms with Crippen molar-refractivity contribution in [1.29, 1.82) is 0 Å². The zero-order valence-electron chi connectivity index (χ0n) is 10.6. The van der Waals surface area contributed by atoms with Gasteiger partial charge in [0.05, 0.1) is 0 Å². The van der Waals surface area contributed by atoms with Crippen LogP contribution in [0.4, 0.5) is 0 Å². The van der Waals surface area contributed by atoms with Gasteiger partial charge in [-0.1, -0.05) is 54.6 Å². The standard InChI is InChI=1S/C17H19N/c1-2-4-14(5-3-1)15-6-8-16(9-7-15)17-10-12-18-13-11-17/h1-9,17-18H,10-13H2. The average molecular weight is 237 g/mol. The molecule has 3 rings (SSSR count). The third kappa shape index (κ3) is 2.46. The predicted octanol–water partition coefficient (Wildman–Crippen LogP) is 3.82. The zero-order chi connectivity index (χ0) is 12.2. The van der Waals surface area contributed by atoms with Gasteiger partial charge in [0, 0.05) is 0 Å². The van der Waals surface area contributed by atoms with Crippen molar-refractivity contribution < 1.29 is 0 Å². The highest BCUT2D eigenvalue weighted by Crippen LogP contribution is 2.27. The van der Waals surface area contributed by atoms with Gasteiger partial charge in [0.1, 0.15) is 0 Å². The van der Waals surface area contributed by atoms with Crippen molar-refractivity contribution >= 4 is 0 Å². The minimum absolute atomic E-state index is 0.746. The van der Waals surface area contributed by atoms with Gasteiger partial charge >= 0.3 is 0 Å². The molecule has 1 saturated heterocycles. The first kappa shape index (κ1) is 11.5. The number of rotatable bonds is 2. The molecule has 0 unspecified atom stereocenters. The Morgan fingerprint density at radius 1 is 0.722 bits per heavy atom. The first-order chi connectivity index (χ1) is 8.93. The molecule has 1 aliphatic heterocycles. The van der Waals surface area contributed by atoms with E-state index in [-0.39, 0.29) is 0 Å². The maximum Gasteiger partial charge on any atom is -0.00431 e. The van der Waals surface area contributed by atoms with Crippen LogP contribution in [0.3, 0.4) is 0 Å². The molecule has 0 aromatic heterocycles. The lowest BCUT2D eigenvalue weighted by Crippen LogP contribution is -2.26. The molecule has 1 aliphatic rings. The number of hydrogen-bond acceptors (Lipinski definition) is 1. The van der Waals surface area contributed by atoms with E-state index in [1.165, 1.54) is 29.5 Å². The van der Waals surface area contributed by atoms with Crippen molar-refractivity contribution in [3.63, 3.8) is 0 Å². The minimum atomic E-state index is 0.746. The molecule has 2 aromatic rings. The molecule has 0 bridgehead atoms. The Hall–Kier alpha value is -1.60. The molecule has 1 heterocycles. The number of piperidine rings is 1. The summed E-state index contributed by atoms with van der Waals surface area (Å²) in [6.07, 6.45) is 2.54. The van der Waals surface area contributed by atoms with E-state index in [0.29, 0.717) is 0 Å². The largest absolute Gasteiger partial charge is 0.317 e. The van der Waals surface area contributed by atoms with Crippen molar-refractivity contribution in [3.8, 4) is 11.1 Å². The topological polar surface area (TPSA) is 12.0 Å². The quantitative estimate of drug-likeness (QED) is 0.837. The monoisotopic (exact) mass is 237 g/mol. The predicted molar refractivity (Wildman–Crippen MR) is 76.7 cm³/mol. The van der Waals surface area contributed by atoms with Gasteiger partial charge in [0.2, 0.25) is 0 Å². The van der Waals surface area contributed by atoms with E-state index in [1.807, 2.05) is 0 Å². The van der Waals surface area contributed by atoms with Gasteiger partial charge in [-0.15, -0.1) is 0 Å². The Labute approximate surface area is 109 Å². The molecule has 0 amide bonds. The molecular weight excluding hydrogens is 218 g/mol. The van der Waals surface area contributed by atoms with Gasteiger partial charge in [0.15, 0.2) is 0 Å². The van der Waals surface area contributed by atoms with Crippen LogP contribution >= 0.6 is 0 Å². The lowest BCUT2D eigenvalue weighted by Gasteiger charge is -2.23. The van der Waals surface area contributed by atoms with E-state index >= 15 is 0 Å². The summed E-state index contributed by atoms with van der Waals surface area (Å²) in [5.74, 6) is 0.746. The van der Waals surface area contributed by atoms with Crippen LogP contribution in [0.15, 0.2) is 54.6 Å². The Kier molecular flexibility index (Phi) is 3.42. The first-order valence-electron chi connectivity index (χ1n) is 6.79. The summed E-state index contributed by atoms with van der Waals surface area (Å²) in [6.45, 7) is 2.32. The van der Waals surface area contributed by atoms with Crippen LogP contribution in [-0.4, -0.2) is 13.1 Å². The van der Waals surface area contributed by atoms with Crippen molar-refractivity contribution in [2.45, 2.75) is 18.8 Å². The fourth-order valence-corrected chi connectivity index (χ4v) is 2.73. The van der Waals surface area contributed by atoms with Crippen LogP contribution in [0.1, 0.15) is 24.3 Å². The molecule has 1 N–H and O–H groups in total. The van der Waals surface area contributed by atoms with Crippen LogP contribution in [-0.2, 0) is 0 Å². The van der Waals surface area contributed by atoms with Crippen LogP contribution in [0.5, 0.6) is 0 Å². The molecule has 1 nitrogen and oxygen atoms in total. The van der Waals surface area contributed by atoms with E-state index in [9.17, 15) is 0 Å². The average Bonchev–Trinajstić information content (AvgIpc) is 2.49. The summed E-state index contributed by atoms with van der Waals surface area (Å²) in [6, 6.07) is 19.7. The molecule has 1 heteroatoms. The highest BCUT2D eigenvalue weighted by Gasteiger charge is 2.14. The second-order valence-corrected chi connectivity index (χ2v) is 5.01. The van der Waals surface area contributed by atoms with Gasteiger partial charge in [-0.3, -0.25) is 0 Å². The Morgan fingerprint density at radius 3 is 2.00 bits per heavy atom. The minimum Gasteiger partial charge on any atom is -0.317 e. The molecule has 2 aromatic carbocycles. The molecule has 92 valence electrons. The maximum atomic E-state index is 3.42. The zero-order valence-corrected chi connectivity index (χ0v) is 10.6. The second-order valence-electron chi connectivity index (χ2n) is 5.01. The van der Waals surface area contributed by atoms with Gasteiger partial charge in [0.25, 0.3) is 0 Å². The molecule has 0 atom stereocenters. The molecule has 0 radical (unpaired) electrons. The van der Waals surface area contributed by atoms with Crippen LogP contribution in [0.2, 0.25) is 0 Å². The Morgan fingerprint density at radius 2 is 1.33 bits per heavy atom. The van der Waals surface area contributed by atoms with Crippen molar-refractivity contribution in [2.75, 3.05) is 13.1 Å². The van der Waals surface area contributed by atoms with Crippen molar-refractivity contribution in [1.82, 2.24) is 5.32 Å². The summed E-state index contributed by atoms with van der Waals surface area (Å²) >= 11 is 0. The summed E-state index contributed by atoms with van der Waals surface area (Å²) in [5, 5.41) is 3.42. The molecule has 0 aliphatic carbocycles.